The molecule has 0 unspecified atom stereocenters. The smallest absolute Gasteiger partial charge is 0.267 e. The minimum atomic E-state index is -0.360. The highest BCUT2D eigenvalue weighted by molar-refractivity contribution is 5.94. The van der Waals surface area contributed by atoms with Gasteiger partial charge in [0, 0.05) is 23.5 Å². The molecule has 0 radical (unpaired) electrons. The lowest BCUT2D eigenvalue weighted by Crippen LogP contribution is -2.18. The van der Waals surface area contributed by atoms with E-state index >= 15 is 0 Å². The van der Waals surface area contributed by atoms with Crippen LogP contribution in [0.1, 0.15) is 32.7 Å². The number of aryl methyl sites for hydroxylation is 2. The molecule has 0 aliphatic rings. The molecule has 4 aromatic rings. The van der Waals surface area contributed by atoms with Gasteiger partial charge in [-0.15, -0.1) is 0 Å². The summed E-state index contributed by atoms with van der Waals surface area (Å²) >= 11 is 0. The Bertz CT molecular complexity index is 1210. The number of hydrogen-bond acceptors (Lipinski definition) is 4. The van der Waals surface area contributed by atoms with Crippen molar-refractivity contribution < 1.29 is 4.79 Å². The number of hydrogen-bond donors (Lipinski definition) is 1. The van der Waals surface area contributed by atoms with Gasteiger partial charge in [0.2, 0.25) is 0 Å². The van der Waals surface area contributed by atoms with Crippen molar-refractivity contribution >= 4 is 12.1 Å². The van der Waals surface area contributed by atoms with Crippen LogP contribution >= 0.6 is 0 Å². The molecular weight excluding hydrogens is 386 g/mol. The zero-order chi connectivity index (χ0) is 21.6. The molecule has 0 saturated carbocycles. The summed E-state index contributed by atoms with van der Waals surface area (Å²) in [6.07, 6.45) is 5.14. The Morgan fingerprint density at radius 1 is 1.03 bits per heavy atom. The highest BCUT2D eigenvalue weighted by atomic mass is 16.2. The van der Waals surface area contributed by atoms with E-state index in [0.29, 0.717) is 12.2 Å². The van der Waals surface area contributed by atoms with Gasteiger partial charge in [-0.3, -0.25) is 14.5 Å². The quantitative estimate of drug-likeness (QED) is 0.380. The first-order valence-corrected chi connectivity index (χ1v) is 10.0. The lowest BCUT2D eigenvalue weighted by molar-refractivity contribution is 0.0950. The van der Waals surface area contributed by atoms with E-state index in [1.54, 1.807) is 30.6 Å². The summed E-state index contributed by atoms with van der Waals surface area (Å²) in [5.41, 5.74) is 9.07. The molecule has 31 heavy (non-hydrogen) atoms. The largest absolute Gasteiger partial charge is 0.289 e. The van der Waals surface area contributed by atoms with Crippen LogP contribution in [0.2, 0.25) is 0 Å². The number of aromatic nitrogens is 3. The normalized spacial score (nSPS) is 11.0. The molecule has 6 nitrogen and oxygen atoms in total. The maximum atomic E-state index is 12.2. The Kier molecular flexibility index (Phi) is 5.98. The molecule has 0 fully saturated rings. The number of carbonyl (C=O) groups excluding carboxylic acids is 1. The van der Waals surface area contributed by atoms with Gasteiger partial charge in [0.05, 0.1) is 12.8 Å². The Balaban J connectivity index is 1.62. The fourth-order valence-electron chi connectivity index (χ4n) is 3.21. The Morgan fingerprint density at radius 2 is 1.84 bits per heavy atom. The molecule has 154 valence electrons. The molecule has 0 aliphatic heterocycles. The third-order valence-corrected chi connectivity index (χ3v) is 5.02. The summed E-state index contributed by atoms with van der Waals surface area (Å²) in [6, 6.07) is 21.6. The highest BCUT2D eigenvalue weighted by Crippen LogP contribution is 2.24. The number of carbonyl (C=O) groups is 1. The van der Waals surface area contributed by atoms with Crippen molar-refractivity contribution in [2.24, 2.45) is 5.10 Å². The topological polar surface area (TPSA) is 72.2 Å². The van der Waals surface area contributed by atoms with Gasteiger partial charge in [0.1, 0.15) is 11.4 Å². The molecule has 0 bridgehead atoms. The second-order valence-corrected chi connectivity index (χ2v) is 7.33. The number of nitrogens with zero attached hydrogens (tertiary/aromatic N) is 4. The fourth-order valence-corrected chi connectivity index (χ4v) is 3.21. The van der Waals surface area contributed by atoms with Crippen LogP contribution in [0.5, 0.6) is 0 Å². The van der Waals surface area contributed by atoms with Crippen molar-refractivity contribution in [3.05, 3.63) is 107 Å². The van der Waals surface area contributed by atoms with Crippen LogP contribution in [-0.4, -0.2) is 26.9 Å². The number of rotatable bonds is 6. The SMILES string of the molecule is Cc1ccc(-c2nn(Cc3ccccc3)cc2/C=N\NC(=O)c2ccccn2)cc1C. The second kappa shape index (κ2) is 9.17. The lowest BCUT2D eigenvalue weighted by Gasteiger charge is -2.04. The van der Waals surface area contributed by atoms with Crippen molar-refractivity contribution in [1.29, 1.82) is 0 Å². The van der Waals surface area contributed by atoms with E-state index in [-0.39, 0.29) is 5.91 Å². The van der Waals surface area contributed by atoms with E-state index in [1.807, 2.05) is 29.1 Å². The predicted octanol–water partition coefficient (Wildman–Crippen LogP) is 4.37. The average molecular weight is 409 g/mol. The molecule has 6 heteroatoms. The van der Waals surface area contributed by atoms with E-state index in [1.165, 1.54) is 11.1 Å². The molecular formula is C25H23N5O. The Hall–Kier alpha value is -4.06. The van der Waals surface area contributed by atoms with Gasteiger partial charge in [0.15, 0.2) is 0 Å². The van der Waals surface area contributed by atoms with Gasteiger partial charge in [-0.2, -0.15) is 10.2 Å². The molecule has 2 heterocycles. The molecule has 0 atom stereocenters. The maximum absolute atomic E-state index is 12.2. The summed E-state index contributed by atoms with van der Waals surface area (Å²) in [7, 11) is 0. The van der Waals surface area contributed by atoms with Crippen molar-refractivity contribution in [1.82, 2.24) is 20.2 Å². The summed E-state index contributed by atoms with van der Waals surface area (Å²) in [4.78, 5) is 16.2. The third-order valence-electron chi connectivity index (χ3n) is 5.02. The zero-order valence-electron chi connectivity index (χ0n) is 17.5. The van der Waals surface area contributed by atoms with Gasteiger partial charge in [-0.25, -0.2) is 5.43 Å². The molecule has 0 aliphatic carbocycles. The number of amides is 1. The maximum Gasteiger partial charge on any atom is 0.289 e. The van der Waals surface area contributed by atoms with Crippen molar-refractivity contribution in [3.8, 4) is 11.3 Å². The summed E-state index contributed by atoms with van der Waals surface area (Å²) < 4.78 is 1.89. The molecule has 1 amide bonds. The molecule has 0 spiro atoms. The van der Waals surface area contributed by atoms with Gasteiger partial charge < -0.3 is 0 Å². The lowest BCUT2D eigenvalue weighted by atomic mass is 10.0. The van der Waals surface area contributed by atoms with Gasteiger partial charge in [-0.05, 0) is 48.7 Å². The van der Waals surface area contributed by atoms with Gasteiger partial charge in [0.25, 0.3) is 5.91 Å². The first kappa shape index (κ1) is 20.2. The Labute approximate surface area is 181 Å². The van der Waals surface area contributed by atoms with Crippen molar-refractivity contribution in [3.63, 3.8) is 0 Å². The van der Waals surface area contributed by atoms with Gasteiger partial charge >= 0.3 is 0 Å². The third kappa shape index (κ3) is 4.93. The predicted molar refractivity (Wildman–Crippen MR) is 122 cm³/mol. The molecule has 0 saturated heterocycles. The zero-order valence-corrected chi connectivity index (χ0v) is 17.5. The van der Waals surface area contributed by atoms with E-state index in [9.17, 15) is 4.79 Å². The fraction of sp³-hybridized carbons (Fsp3) is 0.120. The average Bonchev–Trinajstić information content (AvgIpc) is 3.19. The van der Waals surface area contributed by atoms with Crippen LogP contribution in [0.4, 0.5) is 0 Å². The van der Waals surface area contributed by atoms with E-state index in [2.05, 4.69) is 59.7 Å². The van der Waals surface area contributed by atoms with Crippen LogP contribution in [0.15, 0.2) is 84.2 Å². The standard InChI is InChI=1S/C25H23N5O/c1-18-11-12-21(14-19(18)2)24-22(15-27-28-25(31)23-10-6-7-13-26-23)17-30(29-24)16-20-8-4-3-5-9-20/h3-15,17H,16H2,1-2H3,(H,28,31)/b27-15-. The number of hydrazone groups is 1. The minimum absolute atomic E-state index is 0.314. The van der Waals surface area contributed by atoms with E-state index < -0.39 is 0 Å². The second-order valence-electron chi connectivity index (χ2n) is 7.33. The first-order chi connectivity index (χ1) is 15.1. The minimum Gasteiger partial charge on any atom is -0.267 e. The number of pyridine rings is 1. The van der Waals surface area contributed by atoms with Crippen LogP contribution < -0.4 is 5.43 Å². The van der Waals surface area contributed by atoms with Crippen LogP contribution in [0, 0.1) is 13.8 Å². The number of benzene rings is 2. The van der Waals surface area contributed by atoms with Crippen molar-refractivity contribution in [2.45, 2.75) is 20.4 Å². The highest BCUT2D eigenvalue weighted by Gasteiger charge is 2.12. The summed E-state index contributed by atoms with van der Waals surface area (Å²) in [5.74, 6) is -0.360. The van der Waals surface area contributed by atoms with E-state index in [0.717, 1.165) is 22.4 Å². The van der Waals surface area contributed by atoms with Crippen LogP contribution in [-0.2, 0) is 6.54 Å². The molecule has 2 aromatic heterocycles. The monoisotopic (exact) mass is 409 g/mol. The first-order valence-electron chi connectivity index (χ1n) is 10.0. The molecule has 4 rings (SSSR count). The van der Waals surface area contributed by atoms with Crippen molar-refractivity contribution in [2.75, 3.05) is 0 Å². The Morgan fingerprint density at radius 3 is 2.58 bits per heavy atom. The van der Waals surface area contributed by atoms with Crippen LogP contribution in [0.25, 0.3) is 11.3 Å². The number of nitrogens with one attached hydrogen (secondary N) is 1. The molecule has 2 aromatic carbocycles. The van der Waals surface area contributed by atoms with E-state index in [4.69, 9.17) is 5.10 Å². The summed E-state index contributed by atoms with van der Waals surface area (Å²) in [5, 5.41) is 8.95. The van der Waals surface area contributed by atoms with Crippen LogP contribution in [0.3, 0.4) is 0 Å². The van der Waals surface area contributed by atoms with Gasteiger partial charge in [-0.1, -0.05) is 48.5 Å². The molecule has 1 N–H and O–H groups in total. The summed E-state index contributed by atoms with van der Waals surface area (Å²) in [6.45, 7) is 4.82.